The highest BCUT2D eigenvalue weighted by atomic mass is 32.2. The van der Waals surface area contributed by atoms with E-state index in [9.17, 15) is 10.1 Å². The first-order valence-corrected chi connectivity index (χ1v) is 11.0. The third kappa shape index (κ3) is 3.73. The summed E-state index contributed by atoms with van der Waals surface area (Å²) in [5.74, 6) is 0. The molecule has 2 aromatic carbocycles. The van der Waals surface area contributed by atoms with E-state index in [2.05, 4.69) is 29.7 Å². The average Bonchev–Trinajstić information content (AvgIpc) is 3.02. The number of nitro benzene ring substituents is 1. The minimum absolute atomic E-state index is 0.105. The maximum atomic E-state index is 11.1. The van der Waals surface area contributed by atoms with Crippen molar-refractivity contribution in [2.24, 2.45) is 0 Å². The number of fused-ring (bicyclic) bond motifs is 1. The van der Waals surface area contributed by atoms with Crippen LogP contribution in [0.4, 0.5) is 11.4 Å². The third-order valence-electron chi connectivity index (χ3n) is 4.65. The van der Waals surface area contributed by atoms with Crippen LogP contribution in [0.3, 0.4) is 0 Å². The Morgan fingerprint density at radius 3 is 2.66 bits per heavy atom. The van der Waals surface area contributed by atoms with E-state index in [-0.39, 0.29) is 10.6 Å². The van der Waals surface area contributed by atoms with Gasteiger partial charge >= 0.3 is 5.16 Å². The van der Waals surface area contributed by atoms with Crippen molar-refractivity contribution in [1.29, 1.82) is 0 Å². The molecule has 0 spiro atoms. The van der Waals surface area contributed by atoms with E-state index in [0.29, 0.717) is 0 Å². The summed E-state index contributed by atoms with van der Waals surface area (Å²) in [6, 6.07) is 17.2. The second-order valence-electron chi connectivity index (χ2n) is 6.53. The van der Waals surface area contributed by atoms with Crippen molar-refractivity contribution in [3.63, 3.8) is 0 Å². The van der Waals surface area contributed by atoms with Crippen LogP contribution >= 0.6 is 23.5 Å². The Hall–Kier alpha value is -2.84. The zero-order valence-corrected chi connectivity index (χ0v) is 17.8. The summed E-state index contributed by atoms with van der Waals surface area (Å²) in [4.78, 5) is 18.5. The number of anilines is 1. The molecule has 0 saturated carbocycles. The number of non-ortho nitro benzene ring substituents is 1. The highest BCUT2D eigenvalue weighted by molar-refractivity contribution is 8.03. The van der Waals surface area contributed by atoms with Crippen LogP contribution < -0.4 is 9.47 Å². The Morgan fingerprint density at radius 2 is 1.97 bits per heavy atom. The van der Waals surface area contributed by atoms with Gasteiger partial charge in [0.05, 0.1) is 15.6 Å². The van der Waals surface area contributed by atoms with Gasteiger partial charge in [0, 0.05) is 36.2 Å². The molecule has 8 heteroatoms. The van der Waals surface area contributed by atoms with E-state index >= 15 is 0 Å². The summed E-state index contributed by atoms with van der Waals surface area (Å²) < 4.78 is 2.14. The van der Waals surface area contributed by atoms with E-state index < -0.39 is 0 Å². The second kappa shape index (κ2) is 7.88. The number of aryl methyl sites for hydroxylation is 1. The van der Waals surface area contributed by atoms with E-state index in [4.69, 9.17) is 4.98 Å². The maximum absolute atomic E-state index is 11.1. The molecule has 0 aliphatic carbocycles. The fraction of sp³-hybridized carbons (Fsp3) is 0.143. The standard InChI is InChI=1S/C21H19N4O2S2/c1-14-11-15(22-21(28-3)24(14)16-7-5-4-6-8-16)12-20-23(2)18-10-9-17(25(26)27)13-19(18)29-20/h4-13H,1-3H3/q+1. The first kappa shape index (κ1) is 19.5. The number of rotatable bonds is 4. The summed E-state index contributed by atoms with van der Waals surface area (Å²) in [5.41, 5.74) is 4.09. The van der Waals surface area contributed by atoms with Crippen LogP contribution in [-0.2, 0) is 0 Å². The van der Waals surface area contributed by atoms with Crippen molar-refractivity contribution in [3.8, 4) is 5.69 Å². The number of aromatic nitrogens is 2. The molecule has 0 amide bonds. The lowest BCUT2D eigenvalue weighted by molar-refractivity contribution is -0.647. The molecule has 0 fully saturated rings. The molecule has 1 aliphatic rings. The fourth-order valence-electron chi connectivity index (χ4n) is 3.25. The number of hydrogen-bond donors (Lipinski definition) is 0. The molecule has 3 aromatic rings. The summed E-state index contributed by atoms with van der Waals surface area (Å²) in [7, 11) is 1.96. The lowest BCUT2D eigenvalue weighted by Gasteiger charge is -2.13. The highest BCUT2D eigenvalue weighted by Gasteiger charge is 2.26. The van der Waals surface area contributed by atoms with Crippen molar-refractivity contribution in [3.05, 3.63) is 81.1 Å². The lowest BCUT2D eigenvalue weighted by atomic mass is 10.2. The minimum atomic E-state index is -0.363. The molecule has 29 heavy (non-hydrogen) atoms. The van der Waals surface area contributed by atoms with Gasteiger partial charge in [-0.2, -0.15) is 4.57 Å². The fourth-order valence-corrected chi connectivity index (χ4v) is 5.01. The molecule has 2 heterocycles. The van der Waals surface area contributed by atoms with E-state index in [1.807, 2.05) is 42.5 Å². The van der Waals surface area contributed by atoms with Crippen LogP contribution in [0.1, 0.15) is 11.4 Å². The largest absolute Gasteiger partial charge is 0.364 e. The van der Waals surface area contributed by atoms with Gasteiger partial charge in [-0.15, -0.1) is 0 Å². The number of nitro groups is 1. The molecule has 6 nitrogen and oxygen atoms in total. The van der Waals surface area contributed by atoms with Gasteiger partial charge in [-0.05, 0) is 48.1 Å². The first-order chi connectivity index (χ1) is 14.0. The van der Waals surface area contributed by atoms with Crippen molar-refractivity contribution in [2.75, 3.05) is 18.2 Å². The molecule has 0 atom stereocenters. The van der Waals surface area contributed by atoms with Crippen LogP contribution in [-0.4, -0.2) is 23.2 Å². The number of hydrogen-bond acceptors (Lipinski definition) is 6. The smallest absolute Gasteiger partial charge is 0.338 e. The summed E-state index contributed by atoms with van der Waals surface area (Å²) in [6.07, 6.45) is 4.04. The summed E-state index contributed by atoms with van der Waals surface area (Å²) in [6.45, 7) is 2.07. The Bertz CT molecular complexity index is 1130. The van der Waals surface area contributed by atoms with E-state index in [1.54, 1.807) is 30.0 Å². The average molecular weight is 424 g/mol. The quantitative estimate of drug-likeness (QED) is 0.197. The van der Waals surface area contributed by atoms with Crippen molar-refractivity contribution in [1.82, 2.24) is 4.98 Å². The lowest BCUT2D eigenvalue weighted by Crippen LogP contribution is -2.38. The minimum Gasteiger partial charge on any atom is -0.338 e. The normalized spacial score (nSPS) is 14.3. The molecular weight excluding hydrogens is 404 g/mol. The van der Waals surface area contributed by atoms with Gasteiger partial charge in [-0.25, -0.2) is 0 Å². The second-order valence-corrected chi connectivity index (χ2v) is 8.37. The molecule has 0 unspecified atom stereocenters. The topological polar surface area (TPSA) is 63.2 Å². The Kier molecular flexibility index (Phi) is 5.29. The molecule has 0 radical (unpaired) electrons. The van der Waals surface area contributed by atoms with Crippen LogP contribution in [0.2, 0.25) is 0 Å². The predicted molar refractivity (Wildman–Crippen MR) is 118 cm³/mol. The van der Waals surface area contributed by atoms with Gasteiger partial charge in [0.15, 0.2) is 5.69 Å². The number of nitrogens with zero attached hydrogens (tertiary/aromatic N) is 4. The van der Waals surface area contributed by atoms with E-state index in [1.165, 1.54) is 11.8 Å². The molecule has 0 N–H and O–H groups in total. The number of benzene rings is 2. The van der Waals surface area contributed by atoms with Crippen molar-refractivity contribution < 1.29 is 9.49 Å². The number of para-hydroxylation sites is 1. The van der Waals surface area contributed by atoms with Crippen molar-refractivity contribution in [2.45, 2.75) is 17.0 Å². The van der Waals surface area contributed by atoms with Gasteiger partial charge in [-0.3, -0.25) is 10.1 Å². The summed E-state index contributed by atoms with van der Waals surface area (Å²) >= 11 is 3.12. The van der Waals surface area contributed by atoms with Crippen LogP contribution in [0.25, 0.3) is 11.8 Å². The molecule has 1 aliphatic heterocycles. The molecule has 146 valence electrons. The molecule has 4 rings (SSSR count). The highest BCUT2D eigenvalue weighted by Crippen LogP contribution is 2.46. The van der Waals surface area contributed by atoms with Crippen molar-refractivity contribution >= 4 is 41.0 Å². The molecular formula is C21H19N4O2S2+. The Balaban J connectivity index is 1.72. The monoisotopic (exact) mass is 423 g/mol. The molecule has 1 aromatic heterocycles. The SMILES string of the molecule is CSc1nc(/C=C2\Sc3cc([N+](=O)[O-])ccc3N2C)cc(C)[n+]1-c1ccccc1. The number of thioether (sulfide) groups is 2. The van der Waals surface area contributed by atoms with Gasteiger partial charge in [0.1, 0.15) is 11.4 Å². The third-order valence-corrected chi connectivity index (χ3v) is 6.44. The van der Waals surface area contributed by atoms with Gasteiger partial charge in [0.2, 0.25) is 0 Å². The molecule has 0 bridgehead atoms. The predicted octanol–water partition coefficient (Wildman–Crippen LogP) is 4.84. The Morgan fingerprint density at radius 1 is 1.21 bits per heavy atom. The van der Waals surface area contributed by atoms with Gasteiger partial charge in [-0.1, -0.05) is 30.0 Å². The summed E-state index contributed by atoms with van der Waals surface area (Å²) in [5, 5.41) is 13.0. The van der Waals surface area contributed by atoms with Crippen LogP contribution in [0.5, 0.6) is 0 Å². The zero-order chi connectivity index (χ0) is 20.5. The maximum Gasteiger partial charge on any atom is 0.364 e. The van der Waals surface area contributed by atoms with Gasteiger partial charge in [0.25, 0.3) is 5.69 Å². The zero-order valence-electron chi connectivity index (χ0n) is 16.2. The first-order valence-electron chi connectivity index (χ1n) is 8.93. The van der Waals surface area contributed by atoms with Crippen LogP contribution in [0.15, 0.2) is 69.7 Å². The Labute approximate surface area is 177 Å². The van der Waals surface area contributed by atoms with Gasteiger partial charge < -0.3 is 4.90 Å². The van der Waals surface area contributed by atoms with E-state index in [0.717, 1.165) is 37.8 Å². The molecule has 0 saturated heterocycles. The van der Waals surface area contributed by atoms with Crippen LogP contribution in [0, 0.1) is 17.0 Å².